The first-order valence-corrected chi connectivity index (χ1v) is 12.3. The van der Waals surface area contributed by atoms with Gasteiger partial charge in [-0.15, -0.1) is 0 Å². The second-order valence-corrected chi connectivity index (χ2v) is 9.42. The maximum absolute atomic E-state index is 14.5. The number of halogens is 3. The molecule has 1 fully saturated rings. The Kier molecular flexibility index (Phi) is 7.51. The van der Waals surface area contributed by atoms with E-state index >= 15 is 0 Å². The first kappa shape index (κ1) is 27.2. The van der Waals surface area contributed by atoms with Gasteiger partial charge in [-0.2, -0.15) is 13.2 Å². The number of anilines is 1. The summed E-state index contributed by atoms with van der Waals surface area (Å²) in [5, 5.41) is 11.2. The van der Waals surface area contributed by atoms with Crippen molar-refractivity contribution in [1.82, 2.24) is 9.80 Å². The molecule has 0 radical (unpaired) electrons. The smallest absolute Gasteiger partial charge is 0.367 e. The van der Waals surface area contributed by atoms with Gasteiger partial charge in [0.15, 0.2) is 5.78 Å². The number of carbonyl (C=O) groups excluding carboxylic acids is 2. The molecule has 1 aliphatic heterocycles. The number of Topliss-reactive ketones (excluding diaryl/α,β-unsaturated/α-hetero) is 1. The van der Waals surface area contributed by atoms with E-state index in [0.717, 1.165) is 23.2 Å². The van der Waals surface area contributed by atoms with Gasteiger partial charge >= 0.3 is 12.2 Å². The molecule has 1 N–H and O–H groups in total. The van der Waals surface area contributed by atoms with Gasteiger partial charge in [-0.3, -0.25) is 9.69 Å². The lowest BCUT2D eigenvalue weighted by molar-refractivity contribution is -0.328. The number of urea groups is 1. The largest absolute Gasteiger partial charge is 0.437 e. The van der Waals surface area contributed by atoms with E-state index in [-0.39, 0.29) is 10.5 Å². The highest BCUT2D eigenvalue weighted by Gasteiger charge is 2.70. The van der Waals surface area contributed by atoms with E-state index in [0.29, 0.717) is 18.7 Å². The van der Waals surface area contributed by atoms with Crippen LogP contribution < -0.4 is 4.90 Å². The minimum absolute atomic E-state index is 0.0120. The Morgan fingerprint density at radius 2 is 1.50 bits per heavy atom. The summed E-state index contributed by atoms with van der Waals surface area (Å²) in [5.41, 5.74) is -1.46. The molecule has 3 unspecified atom stereocenters. The number of nitrogens with zero attached hydrogens (tertiary/aromatic N) is 3. The number of alkyl halides is 3. The van der Waals surface area contributed by atoms with Crippen LogP contribution in [0.3, 0.4) is 0 Å². The normalized spacial score (nSPS) is 21.9. The molecule has 0 bridgehead atoms. The highest BCUT2D eigenvalue weighted by atomic mass is 19.4. The monoisotopic (exact) mass is 525 g/mol. The van der Waals surface area contributed by atoms with Crippen molar-refractivity contribution in [3.05, 3.63) is 102 Å². The van der Waals surface area contributed by atoms with E-state index < -0.39 is 35.7 Å². The molecule has 3 atom stereocenters. The average Bonchev–Trinajstić information content (AvgIpc) is 2.92. The van der Waals surface area contributed by atoms with Crippen LogP contribution in [0.1, 0.15) is 34.5 Å². The molecular weight excluding hydrogens is 495 g/mol. The predicted molar refractivity (Wildman–Crippen MR) is 139 cm³/mol. The van der Waals surface area contributed by atoms with Crippen molar-refractivity contribution in [1.29, 1.82) is 0 Å². The zero-order valence-corrected chi connectivity index (χ0v) is 21.4. The Balaban J connectivity index is 1.78. The van der Waals surface area contributed by atoms with E-state index in [1.54, 1.807) is 30.3 Å². The quantitative estimate of drug-likeness (QED) is 0.414. The number of rotatable bonds is 7. The number of ketones is 1. The molecule has 3 aromatic carbocycles. The summed E-state index contributed by atoms with van der Waals surface area (Å²) in [6, 6.07) is 21.7. The number of hydrogen-bond donors (Lipinski definition) is 1. The fourth-order valence-corrected chi connectivity index (χ4v) is 5.12. The average molecular weight is 526 g/mol. The Morgan fingerprint density at radius 1 is 0.947 bits per heavy atom. The lowest BCUT2D eigenvalue weighted by Gasteiger charge is -2.53. The SMILES string of the molecule is CCN(Cc1ccccc1)c1ccc(C2C(C(=O)c3ccccc3)C(O)(C(F)(F)F)N(C)C(=O)N2C)cc1. The van der Waals surface area contributed by atoms with Crippen LogP contribution in [0.2, 0.25) is 0 Å². The molecule has 200 valence electrons. The van der Waals surface area contributed by atoms with Gasteiger partial charge in [0.1, 0.15) is 5.92 Å². The van der Waals surface area contributed by atoms with Crippen molar-refractivity contribution in [3.8, 4) is 0 Å². The molecule has 9 heteroatoms. The van der Waals surface area contributed by atoms with Crippen LogP contribution in [0.15, 0.2) is 84.9 Å². The zero-order chi connectivity index (χ0) is 27.7. The summed E-state index contributed by atoms with van der Waals surface area (Å²) in [6.07, 6.45) is -5.29. The van der Waals surface area contributed by atoms with E-state index in [1.165, 1.54) is 31.3 Å². The minimum Gasteiger partial charge on any atom is -0.367 e. The van der Waals surface area contributed by atoms with Crippen molar-refractivity contribution in [3.63, 3.8) is 0 Å². The molecule has 1 heterocycles. The highest BCUT2D eigenvalue weighted by molar-refractivity contribution is 6.00. The second-order valence-electron chi connectivity index (χ2n) is 9.42. The summed E-state index contributed by atoms with van der Waals surface area (Å²) in [6.45, 7) is 3.31. The summed E-state index contributed by atoms with van der Waals surface area (Å²) in [4.78, 5) is 30.0. The van der Waals surface area contributed by atoms with Gasteiger partial charge in [0.2, 0.25) is 0 Å². The third kappa shape index (κ3) is 4.74. The lowest BCUT2D eigenvalue weighted by Crippen LogP contribution is -2.73. The fourth-order valence-electron chi connectivity index (χ4n) is 5.12. The molecule has 6 nitrogen and oxygen atoms in total. The molecular formula is C29H30F3N3O3. The molecule has 3 aromatic rings. The molecule has 2 amide bonds. The summed E-state index contributed by atoms with van der Waals surface area (Å²) >= 11 is 0. The first-order chi connectivity index (χ1) is 18.0. The summed E-state index contributed by atoms with van der Waals surface area (Å²) in [5.74, 6) is -2.94. The number of aliphatic hydroxyl groups is 1. The van der Waals surface area contributed by atoms with Crippen LogP contribution in [-0.4, -0.2) is 59.3 Å². The third-order valence-electron chi connectivity index (χ3n) is 7.22. The van der Waals surface area contributed by atoms with Crippen LogP contribution in [0.5, 0.6) is 0 Å². The van der Waals surface area contributed by atoms with Gasteiger partial charge in [0.25, 0.3) is 5.72 Å². The third-order valence-corrected chi connectivity index (χ3v) is 7.22. The Bertz CT molecular complexity index is 1270. The Hall–Kier alpha value is -3.85. The summed E-state index contributed by atoms with van der Waals surface area (Å²) < 4.78 is 43.5. The molecule has 0 aromatic heterocycles. The Labute approximate surface area is 219 Å². The predicted octanol–water partition coefficient (Wildman–Crippen LogP) is 5.50. The molecule has 0 saturated carbocycles. The van der Waals surface area contributed by atoms with Crippen LogP contribution in [-0.2, 0) is 6.54 Å². The number of carbonyl (C=O) groups is 2. The van der Waals surface area contributed by atoms with E-state index in [4.69, 9.17) is 0 Å². The van der Waals surface area contributed by atoms with Crippen LogP contribution >= 0.6 is 0 Å². The molecule has 0 aliphatic carbocycles. The van der Waals surface area contributed by atoms with Gasteiger partial charge in [0, 0.05) is 38.4 Å². The first-order valence-electron chi connectivity index (χ1n) is 12.3. The van der Waals surface area contributed by atoms with Gasteiger partial charge in [-0.05, 0) is 30.2 Å². The van der Waals surface area contributed by atoms with Gasteiger partial charge in [-0.25, -0.2) is 4.79 Å². The standard InChI is InChI=1S/C29H30F3N3O3/c1-4-35(19-20-11-7-5-8-12-20)23-17-15-21(16-18-23)25-24(26(36)22-13-9-6-10-14-22)28(38,29(30,31)32)34(3)27(37)33(25)2/h5-18,24-25,38H,4,19H2,1-3H3. The van der Waals surface area contributed by atoms with E-state index in [1.807, 2.05) is 37.3 Å². The van der Waals surface area contributed by atoms with Gasteiger partial charge in [0.05, 0.1) is 6.04 Å². The van der Waals surface area contributed by atoms with Crippen LogP contribution in [0, 0.1) is 5.92 Å². The topological polar surface area (TPSA) is 64.1 Å². The second kappa shape index (κ2) is 10.5. The highest BCUT2D eigenvalue weighted by Crippen LogP contribution is 2.50. The van der Waals surface area contributed by atoms with Crippen molar-refractivity contribution >= 4 is 17.5 Å². The molecule has 0 spiro atoms. The summed E-state index contributed by atoms with van der Waals surface area (Å²) in [7, 11) is 2.20. The lowest BCUT2D eigenvalue weighted by atomic mass is 9.75. The molecule has 1 saturated heterocycles. The van der Waals surface area contributed by atoms with Crippen molar-refractivity contribution in [2.24, 2.45) is 5.92 Å². The molecule has 38 heavy (non-hydrogen) atoms. The Morgan fingerprint density at radius 3 is 2.03 bits per heavy atom. The zero-order valence-electron chi connectivity index (χ0n) is 21.4. The molecule has 4 rings (SSSR count). The van der Waals surface area contributed by atoms with Gasteiger partial charge < -0.3 is 14.9 Å². The van der Waals surface area contributed by atoms with Crippen molar-refractivity contribution in [2.45, 2.75) is 31.4 Å². The molecule has 1 aliphatic rings. The number of benzene rings is 3. The van der Waals surface area contributed by atoms with Crippen LogP contribution in [0.25, 0.3) is 0 Å². The minimum atomic E-state index is -5.29. The van der Waals surface area contributed by atoms with E-state index in [2.05, 4.69) is 4.90 Å². The number of hydrogen-bond acceptors (Lipinski definition) is 4. The van der Waals surface area contributed by atoms with Crippen LogP contribution in [0.4, 0.5) is 23.7 Å². The van der Waals surface area contributed by atoms with Crippen molar-refractivity contribution in [2.75, 3.05) is 25.5 Å². The van der Waals surface area contributed by atoms with Gasteiger partial charge in [-0.1, -0.05) is 72.8 Å². The fraction of sp³-hybridized carbons (Fsp3) is 0.310. The maximum atomic E-state index is 14.5. The van der Waals surface area contributed by atoms with E-state index in [9.17, 15) is 27.9 Å². The van der Waals surface area contributed by atoms with Crippen molar-refractivity contribution < 1.29 is 27.9 Å². The maximum Gasteiger partial charge on any atom is 0.437 e. The number of amides is 2.